The molecule has 82 valence electrons. The molecule has 1 saturated heterocycles. The summed E-state index contributed by atoms with van der Waals surface area (Å²) in [5.41, 5.74) is -1.67. The smallest absolute Gasteiger partial charge is 0.380 e. The lowest BCUT2D eigenvalue weighted by Gasteiger charge is -2.39. The Labute approximate surface area is 80.8 Å². The third-order valence-electron chi connectivity index (χ3n) is 3.05. The molecular formula is C9H14F3NO. The number of nitrogens with one attached hydrogen (secondary N) is 1. The Kier molecular flexibility index (Phi) is 2.09. The van der Waals surface area contributed by atoms with Crippen molar-refractivity contribution in [2.75, 3.05) is 19.8 Å². The molecule has 2 nitrogen and oxygen atoms in total. The predicted octanol–water partition coefficient (Wildman–Crippen LogP) is 1.71. The van der Waals surface area contributed by atoms with Crippen molar-refractivity contribution < 1.29 is 17.9 Å². The summed E-state index contributed by atoms with van der Waals surface area (Å²) in [5, 5.41) is 2.65. The molecule has 0 radical (unpaired) electrons. The molecule has 0 aromatic rings. The second kappa shape index (κ2) is 2.85. The molecule has 1 heterocycles. The van der Waals surface area contributed by atoms with Crippen LogP contribution in [0.25, 0.3) is 0 Å². The van der Waals surface area contributed by atoms with E-state index in [0.717, 1.165) is 0 Å². The lowest BCUT2D eigenvalue weighted by molar-refractivity contribution is -0.172. The summed E-state index contributed by atoms with van der Waals surface area (Å²) >= 11 is 0. The van der Waals surface area contributed by atoms with Crippen molar-refractivity contribution in [3.05, 3.63) is 0 Å². The third-order valence-corrected chi connectivity index (χ3v) is 3.05. The maximum atomic E-state index is 12.5. The minimum Gasteiger partial charge on any atom is -0.380 e. The molecule has 1 saturated carbocycles. The summed E-state index contributed by atoms with van der Waals surface area (Å²) in [6, 6.07) is 0. The van der Waals surface area contributed by atoms with E-state index < -0.39 is 11.7 Å². The topological polar surface area (TPSA) is 21.3 Å². The van der Waals surface area contributed by atoms with E-state index in [9.17, 15) is 13.2 Å². The lowest BCUT2D eigenvalue weighted by Crippen LogP contribution is -2.54. The molecule has 0 unspecified atom stereocenters. The Bertz CT molecular complexity index is 231. The van der Waals surface area contributed by atoms with E-state index in [1.807, 2.05) is 6.92 Å². The fraction of sp³-hybridized carbons (Fsp3) is 1.00. The van der Waals surface area contributed by atoms with E-state index in [-0.39, 0.29) is 18.3 Å². The summed E-state index contributed by atoms with van der Waals surface area (Å²) in [6.07, 6.45) is -3.67. The summed E-state index contributed by atoms with van der Waals surface area (Å²) in [5.74, 6) is 0. The Balaban J connectivity index is 1.86. The Morgan fingerprint density at radius 1 is 1.29 bits per heavy atom. The zero-order valence-corrected chi connectivity index (χ0v) is 8.08. The molecule has 0 spiro atoms. The number of hydrogen-bond donors (Lipinski definition) is 1. The molecule has 0 aromatic carbocycles. The fourth-order valence-electron chi connectivity index (χ4n) is 1.62. The van der Waals surface area contributed by atoms with Gasteiger partial charge in [-0.2, -0.15) is 13.2 Å². The Morgan fingerprint density at radius 2 is 1.86 bits per heavy atom. The van der Waals surface area contributed by atoms with E-state index in [0.29, 0.717) is 19.8 Å². The van der Waals surface area contributed by atoms with Crippen LogP contribution in [-0.4, -0.2) is 31.5 Å². The van der Waals surface area contributed by atoms with Crippen LogP contribution in [0.5, 0.6) is 0 Å². The van der Waals surface area contributed by atoms with Gasteiger partial charge in [0, 0.05) is 12.0 Å². The number of halogens is 3. The van der Waals surface area contributed by atoms with Gasteiger partial charge in [0.1, 0.15) is 5.54 Å². The molecule has 0 amide bonds. The first-order valence-electron chi connectivity index (χ1n) is 4.77. The Morgan fingerprint density at radius 3 is 2.14 bits per heavy atom. The van der Waals surface area contributed by atoms with Crippen LogP contribution < -0.4 is 5.32 Å². The maximum Gasteiger partial charge on any atom is 0.406 e. The molecule has 0 atom stereocenters. The highest BCUT2D eigenvalue weighted by molar-refractivity contribution is 5.08. The first kappa shape index (κ1) is 10.2. The van der Waals surface area contributed by atoms with Gasteiger partial charge in [-0.15, -0.1) is 0 Å². The second-order valence-electron chi connectivity index (χ2n) is 4.74. The number of hydrogen-bond acceptors (Lipinski definition) is 2. The molecule has 1 N–H and O–H groups in total. The van der Waals surface area contributed by atoms with Gasteiger partial charge in [-0.1, -0.05) is 6.92 Å². The van der Waals surface area contributed by atoms with Crippen molar-refractivity contribution in [2.45, 2.75) is 31.5 Å². The average molecular weight is 209 g/mol. The summed E-state index contributed by atoms with van der Waals surface area (Å²) < 4.78 is 42.5. The van der Waals surface area contributed by atoms with Gasteiger partial charge in [0.05, 0.1) is 13.2 Å². The quantitative estimate of drug-likeness (QED) is 0.764. The normalized spacial score (nSPS) is 28.3. The van der Waals surface area contributed by atoms with Gasteiger partial charge < -0.3 is 10.1 Å². The van der Waals surface area contributed by atoms with Crippen LogP contribution in [0.2, 0.25) is 0 Å². The van der Waals surface area contributed by atoms with Crippen LogP contribution in [0.15, 0.2) is 0 Å². The molecule has 1 aliphatic heterocycles. The molecule has 0 aromatic heterocycles. The number of ether oxygens (including phenoxy) is 1. The van der Waals surface area contributed by atoms with E-state index >= 15 is 0 Å². The van der Waals surface area contributed by atoms with E-state index in [1.54, 1.807) is 0 Å². The van der Waals surface area contributed by atoms with Crippen LogP contribution in [0.1, 0.15) is 19.8 Å². The highest BCUT2D eigenvalue weighted by Crippen LogP contribution is 2.49. The van der Waals surface area contributed by atoms with Crippen molar-refractivity contribution >= 4 is 0 Å². The molecule has 0 bridgehead atoms. The van der Waals surface area contributed by atoms with E-state index in [1.165, 1.54) is 0 Å². The monoisotopic (exact) mass is 209 g/mol. The van der Waals surface area contributed by atoms with Gasteiger partial charge in [0.15, 0.2) is 0 Å². The van der Waals surface area contributed by atoms with Crippen LogP contribution in [0.4, 0.5) is 13.2 Å². The van der Waals surface area contributed by atoms with Crippen LogP contribution in [-0.2, 0) is 4.74 Å². The van der Waals surface area contributed by atoms with Gasteiger partial charge in [-0.05, 0) is 12.8 Å². The number of rotatable bonds is 3. The SMILES string of the molecule is CC1(CNC2(C(F)(F)F)CC2)COC1. The minimum atomic E-state index is -4.10. The average Bonchev–Trinajstić information content (AvgIpc) is 2.76. The zero-order valence-electron chi connectivity index (χ0n) is 8.08. The zero-order chi connectivity index (χ0) is 10.4. The van der Waals surface area contributed by atoms with Crippen LogP contribution >= 0.6 is 0 Å². The van der Waals surface area contributed by atoms with E-state index in [2.05, 4.69) is 5.32 Å². The molecule has 2 fully saturated rings. The molecule has 14 heavy (non-hydrogen) atoms. The van der Waals surface area contributed by atoms with E-state index in [4.69, 9.17) is 4.74 Å². The summed E-state index contributed by atoms with van der Waals surface area (Å²) in [4.78, 5) is 0. The standard InChI is InChI=1S/C9H14F3NO/c1-7(5-14-6-7)4-13-8(2-3-8)9(10,11)12/h13H,2-6H2,1H3. The maximum absolute atomic E-state index is 12.5. The fourth-order valence-corrected chi connectivity index (χ4v) is 1.62. The van der Waals surface area contributed by atoms with Crippen LogP contribution in [0, 0.1) is 5.41 Å². The van der Waals surface area contributed by atoms with Gasteiger partial charge in [0.2, 0.25) is 0 Å². The van der Waals surface area contributed by atoms with Crippen molar-refractivity contribution in [2.24, 2.45) is 5.41 Å². The van der Waals surface area contributed by atoms with Gasteiger partial charge in [0.25, 0.3) is 0 Å². The van der Waals surface area contributed by atoms with Crippen molar-refractivity contribution in [3.8, 4) is 0 Å². The first-order valence-corrected chi connectivity index (χ1v) is 4.77. The van der Waals surface area contributed by atoms with Gasteiger partial charge >= 0.3 is 6.18 Å². The van der Waals surface area contributed by atoms with Crippen molar-refractivity contribution in [1.82, 2.24) is 5.32 Å². The second-order valence-corrected chi connectivity index (χ2v) is 4.74. The summed E-state index contributed by atoms with van der Waals surface area (Å²) in [6.45, 7) is 3.46. The Hall–Kier alpha value is -0.290. The predicted molar refractivity (Wildman–Crippen MR) is 44.9 cm³/mol. The highest BCUT2D eigenvalue weighted by Gasteiger charge is 2.63. The third kappa shape index (κ3) is 1.63. The van der Waals surface area contributed by atoms with Gasteiger partial charge in [-0.3, -0.25) is 0 Å². The van der Waals surface area contributed by atoms with Crippen molar-refractivity contribution in [1.29, 1.82) is 0 Å². The first-order chi connectivity index (χ1) is 6.37. The minimum absolute atomic E-state index is 0.0964. The molecule has 2 aliphatic rings. The number of alkyl halides is 3. The molecule has 2 rings (SSSR count). The van der Waals surface area contributed by atoms with Crippen LogP contribution in [0.3, 0.4) is 0 Å². The lowest BCUT2D eigenvalue weighted by atomic mass is 9.88. The highest BCUT2D eigenvalue weighted by atomic mass is 19.4. The summed E-state index contributed by atoms with van der Waals surface area (Å²) in [7, 11) is 0. The van der Waals surface area contributed by atoms with Gasteiger partial charge in [-0.25, -0.2) is 0 Å². The molecule has 5 heteroatoms. The molecule has 1 aliphatic carbocycles. The largest absolute Gasteiger partial charge is 0.406 e. The molecular weight excluding hydrogens is 195 g/mol. The van der Waals surface area contributed by atoms with Crippen molar-refractivity contribution in [3.63, 3.8) is 0 Å².